The van der Waals surface area contributed by atoms with E-state index in [1.807, 2.05) is 24.3 Å². The van der Waals surface area contributed by atoms with E-state index in [2.05, 4.69) is 30.7 Å². The number of anilines is 1. The highest BCUT2D eigenvalue weighted by atomic mass is 16.5. The molecule has 0 aromatic heterocycles. The molecule has 0 saturated carbocycles. The van der Waals surface area contributed by atoms with Crippen LogP contribution in [0, 0.1) is 11.8 Å². The van der Waals surface area contributed by atoms with Crippen molar-refractivity contribution in [3.05, 3.63) is 36.9 Å². The van der Waals surface area contributed by atoms with Crippen LogP contribution in [0.5, 0.6) is 5.75 Å². The molecule has 1 rings (SSSR count). The minimum atomic E-state index is -0.690. The van der Waals surface area contributed by atoms with Gasteiger partial charge in [0, 0.05) is 12.1 Å². The molecular formula is C20H27NO3. The summed E-state index contributed by atoms with van der Waals surface area (Å²) >= 11 is 0. The minimum absolute atomic E-state index is 0.178. The van der Waals surface area contributed by atoms with E-state index in [4.69, 9.17) is 9.47 Å². The first-order valence-corrected chi connectivity index (χ1v) is 8.37. The molecule has 0 unspecified atom stereocenters. The van der Waals surface area contributed by atoms with E-state index in [9.17, 15) is 4.79 Å². The third-order valence-electron chi connectivity index (χ3n) is 3.38. The van der Waals surface area contributed by atoms with Gasteiger partial charge in [0.05, 0.1) is 7.11 Å². The average Bonchev–Trinajstić information content (AvgIpc) is 2.62. The fraction of sp³-hybridized carbons (Fsp3) is 0.450. The second-order valence-corrected chi connectivity index (χ2v) is 5.36. The molecule has 0 saturated heterocycles. The van der Waals surface area contributed by atoms with Crippen molar-refractivity contribution in [3.63, 3.8) is 0 Å². The summed E-state index contributed by atoms with van der Waals surface area (Å²) in [6, 6.07) is 6.65. The molecule has 0 radical (unpaired) electrons. The fourth-order valence-electron chi connectivity index (χ4n) is 2.05. The van der Waals surface area contributed by atoms with Crippen LogP contribution in [0.25, 0.3) is 0 Å². The largest absolute Gasteiger partial charge is 0.497 e. The Balaban J connectivity index is 2.67. The molecule has 0 amide bonds. The summed E-state index contributed by atoms with van der Waals surface area (Å²) in [5.41, 5.74) is 0.789. The van der Waals surface area contributed by atoms with Crippen molar-refractivity contribution < 1.29 is 14.3 Å². The predicted octanol–water partition coefficient (Wildman–Crippen LogP) is 4.18. The van der Waals surface area contributed by atoms with Crippen LogP contribution in [-0.2, 0) is 9.53 Å². The monoisotopic (exact) mass is 329 g/mol. The van der Waals surface area contributed by atoms with Crippen LogP contribution in [0.4, 0.5) is 5.69 Å². The first-order valence-electron chi connectivity index (χ1n) is 8.37. The molecule has 0 fully saturated rings. The van der Waals surface area contributed by atoms with E-state index in [-0.39, 0.29) is 6.61 Å². The smallest absolute Gasteiger partial charge is 0.341 e. The fourth-order valence-corrected chi connectivity index (χ4v) is 2.05. The van der Waals surface area contributed by atoms with E-state index in [1.54, 1.807) is 13.2 Å². The highest BCUT2D eigenvalue weighted by Crippen LogP contribution is 2.16. The van der Waals surface area contributed by atoms with Crippen LogP contribution in [0.15, 0.2) is 36.9 Å². The summed E-state index contributed by atoms with van der Waals surface area (Å²) < 4.78 is 10.2. The normalized spacial score (nSPS) is 10.9. The molecule has 1 aromatic carbocycles. The van der Waals surface area contributed by atoms with Crippen LogP contribution < -0.4 is 10.1 Å². The van der Waals surface area contributed by atoms with Gasteiger partial charge in [-0.05, 0) is 30.7 Å². The zero-order valence-corrected chi connectivity index (χ0v) is 14.6. The Kier molecular flexibility index (Phi) is 9.87. The standard InChI is InChI=1S/C20H27NO3/c1-4-6-7-8-9-10-11-19(20(22)24-16-5-2)21-17-12-14-18(23-3)15-13-17/h5,12-15,19,21H,2,4,6-9,16H2,1,3H3/t19-/m0/s1. The van der Waals surface area contributed by atoms with Gasteiger partial charge in [0.15, 0.2) is 6.04 Å². The second kappa shape index (κ2) is 12.1. The Morgan fingerprint density at radius 3 is 2.67 bits per heavy atom. The van der Waals surface area contributed by atoms with E-state index < -0.39 is 12.0 Å². The molecule has 24 heavy (non-hydrogen) atoms. The van der Waals surface area contributed by atoms with Gasteiger partial charge in [-0.2, -0.15) is 0 Å². The first kappa shape index (κ1) is 19.6. The molecule has 4 heteroatoms. The molecule has 0 heterocycles. The lowest BCUT2D eigenvalue weighted by Crippen LogP contribution is -2.30. The van der Waals surface area contributed by atoms with Crippen LogP contribution in [-0.4, -0.2) is 25.7 Å². The van der Waals surface area contributed by atoms with Crippen LogP contribution in [0.3, 0.4) is 0 Å². The zero-order chi connectivity index (χ0) is 17.6. The molecule has 0 aliphatic heterocycles. The summed E-state index contributed by atoms with van der Waals surface area (Å²) in [5, 5.41) is 3.10. The van der Waals surface area contributed by atoms with Gasteiger partial charge in [-0.15, -0.1) is 5.92 Å². The van der Waals surface area contributed by atoms with Gasteiger partial charge >= 0.3 is 5.97 Å². The van der Waals surface area contributed by atoms with Crippen molar-refractivity contribution in [2.45, 2.75) is 45.1 Å². The van der Waals surface area contributed by atoms with Gasteiger partial charge in [-0.1, -0.05) is 44.8 Å². The predicted molar refractivity (Wildman–Crippen MR) is 98.1 cm³/mol. The molecule has 1 atom stereocenters. The lowest BCUT2D eigenvalue weighted by molar-refractivity contribution is -0.141. The molecular weight excluding hydrogens is 302 g/mol. The molecule has 130 valence electrons. The summed E-state index contributed by atoms with van der Waals surface area (Å²) in [6.45, 7) is 5.91. The van der Waals surface area contributed by atoms with Gasteiger partial charge in [0.25, 0.3) is 0 Å². The first-order chi connectivity index (χ1) is 11.7. The molecule has 0 bridgehead atoms. The Labute approximate surface area is 145 Å². The molecule has 0 spiro atoms. The maximum Gasteiger partial charge on any atom is 0.341 e. The third kappa shape index (κ3) is 7.73. The Morgan fingerprint density at radius 1 is 1.29 bits per heavy atom. The number of unbranched alkanes of at least 4 members (excludes halogenated alkanes) is 4. The average molecular weight is 329 g/mol. The van der Waals surface area contributed by atoms with Crippen molar-refractivity contribution in [1.29, 1.82) is 0 Å². The minimum Gasteiger partial charge on any atom is -0.497 e. The molecule has 0 aliphatic rings. The third-order valence-corrected chi connectivity index (χ3v) is 3.38. The number of ether oxygens (including phenoxy) is 2. The van der Waals surface area contributed by atoms with Crippen LogP contribution in [0.1, 0.15) is 39.0 Å². The topological polar surface area (TPSA) is 47.6 Å². The molecule has 0 aliphatic carbocycles. The van der Waals surface area contributed by atoms with Crippen LogP contribution in [0.2, 0.25) is 0 Å². The SMILES string of the molecule is C=CCOC(=O)[C@H](C#CCCCCCC)Nc1ccc(OC)cc1. The van der Waals surface area contributed by atoms with Gasteiger partial charge in [-0.25, -0.2) is 4.79 Å². The van der Waals surface area contributed by atoms with E-state index in [0.29, 0.717) is 0 Å². The van der Waals surface area contributed by atoms with Crippen molar-refractivity contribution in [2.24, 2.45) is 0 Å². The number of benzene rings is 1. The molecule has 1 aromatic rings. The van der Waals surface area contributed by atoms with Crippen molar-refractivity contribution in [2.75, 3.05) is 19.0 Å². The Morgan fingerprint density at radius 2 is 2.04 bits per heavy atom. The zero-order valence-electron chi connectivity index (χ0n) is 14.6. The van der Waals surface area contributed by atoms with E-state index in [0.717, 1.165) is 24.3 Å². The number of hydrogen-bond donors (Lipinski definition) is 1. The highest BCUT2D eigenvalue weighted by Gasteiger charge is 2.17. The maximum atomic E-state index is 12.1. The number of rotatable bonds is 10. The number of carbonyl (C=O) groups excluding carboxylic acids is 1. The van der Waals surface area contributed by atoms with Gasteiger partial charge in [0.1, 0.15) is 12.4 Å². The lowest BCUT2D eigenvalue weighted by Gasteiger charge is -2.13. The Bertz CT molecular complexity index is 554. The van der Waals surface area contributed by atoms with Crippen molar-refractivity contribution in [3.8, 4) is 17.6 Å². The summed E-state index contributed by atoms with van der Waals surface area (Å²) in [4.78, 5) is 12.1. The number of nitrogens with one attached hydrogen (secondary N) is 1. The van der Waals surface area contributed by atoms with E-state index in [1.165, 1.54) is 19.3 Å². The van der Waals surface area contributed by atoms with Gasteiger partial charge in [-0.3, -0.25) is 0 Å². The number of hydrogen-bond acceptors (Lipinski definition) is 4. The second-order valence-electron chi connectivity index (χ2n) is 5.36. The number of methoxy groups -OCH3 is 1. The maximum absolute atomic E-state index is 12.1. The van der Waals surface area contributed by atoms with Crippen molar-refractivity contribution in [1.82, 2.24) is 0 Å². The number of carbonyl (C=O) groups is 1. The van der Waals surface area contributed by atoms with Gasteiger partial charge < -0.3 is 14.8 Å². The summed E-state index contributed by atoms with van der Waals surface area (Å²) in [6.07, 6.45) is 6.97. The summed E-state index contributed by atoms with van der Waals surface area (Å²) in [7, 11) is 1.61. The molecule has 4 nitrogen and oxygen atoms in total. The number of esters is 1. The van der Waals surface area contributed by atoms with Crippen LogP contribution >= 0.6 is 0 Å². The summed E-state index contributed by atoms with van der Waals surface area (Å²) in [5.74, 6) is 6.42. The van der Waals surface area contributed by atoms with Gasteiger partial charge in [0.2, 0.25) is 0 Å². The van der Waals surface area contributed by atoms with Crippen molar-refractivity contribution >= 4 is 11.7 Å². The lowest BCUT2D eigenvalue weighted by atomic mass is 10.1. The van der Waals surface area contributed by atoms with E-state index >= 15 is 0 Å². The highest BCUT2D eigenvalue weighted by molar-refractivity contribution is 5.83. The molecule has 1 N–H and O–H groups in total. The Hall–Kier alpha value is -2.41. The quantitative estimate of drug-likeness (QED) is 0.303.